The van der Waals surface area contributed by atoms with Gasteiger partial charge in [-0.3, -0.25) is 9.69 Å². The topological polar surface area (TPSA) is 69.6 Å². The average Bonchev–Trinajstić information content (AvgIpc) is 2.55. The Hall–Kier alpha value is -2.82. The maximum Gasteiger partial charge on any atom is 0.408 e. The van der Waals surface area contributed by atoms with Crippen molar-refractivity contribution in [1.29, 1.82) is 0 Å². The van der Waals surface area contributed by atoms with Gasteiger partial charge in [-0.25, -0.2) is 4.79 Å². The second kappa shape index (κ2) is 6.12. The summed E-state index contributed by atoms with van der Waals surface area (Å²) in [5.74, 6) is -0.235. The highest BCUT2D eigenvalue weighted by atomic mass is 16.4. The number of rotatable bonds is 4. The minimum atomic E-state index is -1.08. The van der Waals surface area contributed by atoms with Crippen LogP contribution in [0.5, 0.6) is 0 Å². The number of nitrogens with one attached hydrogen (secondary N) is 1. The van der Waals surface area contributed by atoms with E-state index in [-0.39, 0.29) is 18.5 Å². The fraction of sp³-hybridized carbons (Fsp3) is 0.222. The first-order valence-corrected chi connectivity index (χ1v) is 7.50. The fourth-order valence-electron chi connectivity index (χ4n) is 2.85. The van der Waals surface area contributed by atoms with E-state index in [4.69, 9.17) is 0 Å². The first-order valence-electron chi connectivity index (χ1n) is 7.50. The van der Waals surface area contributed by atoms with Gasteiger partial charge in [-0.2, -0.15) is 0 Å². The van der Waals surface area contributed by atoms with Crippen molar-refractivity contribution < 1.29 is 14.7 Å². The smallest absolute Gasteiger partial charge is 0.408 e. The Labute approximate surface area is 134 Å². The summed E-state index contributed by atoms with van der Waals surface area (Å²) in [6.07, 6.45) is -1.08. The Morgan fingerprint density at radius 3 is 2.22 bits per heavy atom. The minimum absolute atomic E-state index is 0.151. The SMILES string of the molecule is C[C@H]1NC(=O)[C@H]1N(Cc1ccc(-c2ccccc2)cc1)C(=O)O. The van der Waals surface area contributed by atoms with Gasteiger partial charge in [0.1, 0.15) is 6.04 Å². The number of hydrogen-bond acceptors (Lipinski definition) is 2. The third-order valence-electron chi connectivity index (χ3n) is 4.11. The van der Waals surface area contributed by atoms with Gasteiger partial charge in [0.2, 0.25) is 5.91 Å². The van der Waals surface area contributed by atoms with E-state index >= 15 is 0 Å². The van der Waals surface area contributed by atoms with Gasteiger partial charge in [-0.15, -0.1) is 0 Å². The van der Waals surface area contributed by atoms with Crippen molar-refractivity contribution in [3.05, 3.63) is 60.2 Å². The van der Waals surface area contributed by atoms with E-state index in [9.17, 15) is 14.7 Å². The number of benzene rings is 2. The molecule has 3 rings (SSSR count). The standard InChI is InChI=1S/C18H18N2O3/c1-12-16(17(21)19-12)20(18(22)23)11-13-7-9-15(10-8-13)14-5-3-2-4-6-14/h2-10,12,16H,11H2,1H3,(H,19,21)(H,22,23)/t12-,16+/m1/s1. The first-order chi connectivity index (χ1) is 11.1. The molecular weight excluding hydrogens is 292 g/mol. The molecule has 1 aliphatic rings. The van der Waals surface area contributed by atoms with E-state index in [1.54, 1.807) is 6.92 Å². The van der Waals surface area contributed by atoms with Gasteiger partial charge >= 0.3 is 6.09 Å². The van der Waals surface area contributed by atoms with Crippen LogP contribution in [0.2, 0.25) is 0 Å². The van der Waals surface area contributed by atoms with Crippen LogP contribution in [0.3, 0.4) is 0 Å². The molecule has 1 saturated heterocycles. The highest BCUT2D eigenvalue weighted by Crippen LogP contribution is 2.22. The summed E-state index contributed by atoms with van der Waals surface area (Å²) in [6, 6.07) is 17.0. The van der Waals surface area contributed by atoms with E-state index in [1.165, 1.54) is 4.90 Å². The zero-order chi connectivity index (χ0) is 16.4. The number of hydrogen-bond donors (Lipinski definition) is 2. The molecule has 0 bridgehead atoms. The Morgan fingerprint density at radius 2 is 1.70 bits per heavy atom. The molecule has 2 N–H and O–H groups in total. The number of β-lactam (4-membered cyclic amide) rings is 1. The summed E-state index contributed by atoms with van der Waals surface area (Å²) in [6.45, 7) is 2.01. The number of amides is 2. The third-order valence-corrected chi connectivity index (χ3v) is 4.11. The van der Waals surface area contributed by atoms with Crippen LogP contribution < -0.4 is 5.32 Å². The predicted molar refractivity (Wildman–Crippen MR) is 86.8 cm³/mol. The first kappa shape index (κ1) is 15.1. The van der Waals surface area contributed by atoms with Gasteiger partial charge in [0.05, 0.1) is 6.04 Å². The van der Waals surface area contributed by atoms with Gasteiger partial charge in [-0.1, -0.05) is 54.6 Å². The molecule has 5 heteroatoms. The summed E-state index contributed by atoms with van der Waals surface area (Å²) in [7, 11) is 0. The van der Waals surface area contributed by atoms with E-state index in [0.717, 1.165) is 16.7 Å². The molecule has 118 valence electrons. The average molecular weight is 310 g/mol. The van der Waals surface area contributed by atoms with Gasteiger partial charge in [-0.05, 0) is 23.6 Å². The molecule has 5 nitrogen and oxygen atoms in total. The van der Waals surface area contributed by atoms with Crippen LogP contribution in [-0.4, -0.2) is 34.1 Å². The van der Waals surface area contributed by atoms with Crippen LogP contribution in [0.15, 0.2) is 54.6 Å². The zero-order valence-corrected chi connectivity index (χ0v) is 12.8. The quantitative estimate of drug-likeness (QED) is 0.853. The van der Waals surface area contributed by atoms with Crippen LogP contribution in [-0.2, 0) is 11.3 Å². The molecular formula is C18H18N2O3. The molecule has 1 aliphatic heterocycles. The molecule has 23 heavy (non-hydrogen) atoms. The Bertz CT molecular complexity index is 713. The summed E-state index contributed by atoms with van der Waals surface area (Å²) < 4.78 is 0. The molecule has 2 atom stereocenters. The van der Waals surface area contributed by atoms with Crippen LogP contribution >= 0.6 is 0 Å². The van der Waals surface area contributed by atoms with Crippen molar-refractivity contribution in [2.24, 2.45) is 0 Å². The highest BCUT2D eigenvalue weighted by molar-refractivity contribution is 5.91. The number of carbonyl (C=O) groups excluding carboxylic acids is 1. The molecule has 0 aliphatic carbocycles. The second-order valence-corrected chi connectivity index (χ2v) is 5.72. The lowest BCUT2D eigenvalue weighted by Gasteiger charge is -2.40. The molecule has 1 fully saturated rings. The van der Waals surface area contributed by atoms with E-state index < -0.39 is 12.1 Å². The van der Waals surface area contributed by atoms with Gasteiger partial charge in [0.25, 0.3) is 0 Å². The molecule has 2 aromatic rings. The predicted octanol–water partition coefficient (Wildman–Crippen LogP) is 2.72. The molecule has 1 heterocycles. The van der Waals surface area contributed by atoms with E-state index in [0.29, 0.717) is 0 Å². The lowest BCUT2D eigenvalue weighted by molar-refractivity contribution is -0.136. The normalized spacial score (nSPS) is 19.6. The summed E-state index contributed by atoms with van der Waals surface area (Å²) in [5.41, 5.74) is 3.05. The number of carboxylic acid groups (broad SMARTS) is 1. The van der Waals surface area contributed by atoms with Crippen molar-refractivity contribution >= 4 is 12.0 Å². The zero-order valence-electron chi connectivity index (χ0n) is 12.8. The van der Waals surface area contributed by atoms with Crippen LogP contribution in [0.1, 0.15) is 12.5 Å². The molecule has 2 amide bonds. The monoisotopic (exact) mass is 310 g/mol. The lowest BCUT2D eigenvalue weighted by Crippen LogP contribution is -2.68. The molecule has 0 aromatic heterocycles. The summed E-state index contributed by atoms with van der Waals surface area (Å²) in [5, 5.41) is 12.0. The Kier molecular flexibility index (Phi) is 4.02. The fourth-order valence-corrected chi connectivity index (χ4v) is 2.85. The molecule has 0 unspecified atom stereocenters. The largest absolute Gasteiger partial charge is 0.465 e. The Balaban J connectivity index is 1.76. The van der Waals surface area contributed by atoms with Crippen LogP contribution in [0.25, 0.3) is 11.1 Å². The summed E-state index contributed by atoms with van der Waals surface area (Å²) in [4.78, 5) is 24.3. The minimum Gasteiger partial charge on any atom is -0.465 e. The van der Waals surface area contributed by atoms with Crippen molar-refractivity contribution in [2.45, 2.75) is 25.6 Å². The molecule has 0 spiro atoms. The van der Waals surface area contributed by atoms with Crippen molar-refractivity contribution in [3.63, 3.8) is 0 Å². The van der Waals surface area contributed by atoms with Gasteiger partial charge in [0.15, 0.2) is 0 Å². The highest BCUT2D eigenvalue weighted by Gasteiger charge is 2.42. The van der Waals surface area contributed by atoms with Crippen molar-refractivity contribution in [3.8, 4) is 11.1 Å². The number of nitrogens with zero attached hydrogens (tertiary/aromatic N) is 1. The maximum atomic E-state index is 11.6. The molecule has 2 aromatic carbocycles. The summed E-state index contributed by atoms with van der Waals surface area (Å²) >= 11 is 0. The van der Waals surface area contributed by atoms with E-state index in [2.05, 4.69) is 5.32 Å². The second-order valence-electron chi connectivity index (χ2n) is 5.72. The van der Waals surface area contributed by atoms with Crippen LogP contribution in [0.4, 0.5) is 4.79 Å². The lowest BCUT2D eigenvalue weighted by atomic mass is 9.98. The molecule has 0 saturated carbocycles. The van der Waals surface area contributed by atoms with Crippen molar-refractivity contribution in [1.82, 2.24) is 10.2 Å². The Morgan fingerprint density at radius 1 is 1.09 bits per heavy atom. The van der Waals surface area contributed by atoms with E-state index in [1.807, 2.05) is 54.6 Å². The number of carbonyl (C=O) groups is 2. The molecule has 0 radical (unpaired) electrons. The van der Waals surface area contributed by atoms with Crippen molar-refractivity contribution in [2.75, 3.05) is 0 Å². The van der Waals surface area contributed by atoms with Gasteiger partial charge < -0.3 is 10.4 Å². The third kappa shape index (κ3) is 3.04. The van der Waals surface area contributed by atoms with Gasteiger partial charge in [0, 0.05) is 6.54 Å². The maximum absolute atomic E-state index is 11.6. The van der Waals surface area contributed by atoms with Crippen LogP contribution in [0, 0.1) is 0 Å².